The molecule has 3 saturated heterocycles. The summed E-state index contributed by atoms with van der Waals surface area (Å²) in [6, 6.07) is 12.7. The number of likely N-dealkylation sites (tertiary alicyclic amines) is 1. The molecule has 8 nitrogen and oxygen atoms in total. The molecule has 0 aliphatic carbocycles. The predicted molar refractivity (Wildman–Crippen MR) is 143 cm³/mol. The number of hydrogen-bond donors (Lipinski definition) is 1. The van der Waals surface area contributed by atoms with E-state index in [0.717, 1.165) is 86.1 Å². The Bertz CT molecular complexity index is 1220. The van der Waals surface area contributed by atoms with Gasteiger partial charge in [0.15, 0.2) is 0 Å². The van der Waals surface area contributed by atoms with Crippen LogP contribution in [0.2, 0.25) is 0 Å². The number of benzene rings is 1. The van der Waals surface area contributed by atoms with Crippen molar-refractivity contribution in [2.24, 2.45) is 5.92 Å². The van der Waals surface area contributed by atoms with Crippen LogP contribution in [0.4, 0.5) is 17.3 Å². The second kappa shape index (κ2) is 10.3. The molecule has 3 aliphatic rings. The molecule has 0 bridgehead atoms. The zero-order valence-corrected chi connectivity index (χ0v) is 20.8. The Balaban J connectivity index is 1.01. The molecule has 8 heteroatoms. The van der Waals surface area contributed by atoms with Crippen molar-refractivity contribution < 1.29 is 0 Å². The van der Waals surface area contributed by atoms with Crippen molar-refractivity contribution in [2.45, 2.75) is 38.1 Å². The molecular weight excluding hydrogens is 448 g/mol. The van der Waals surface area contributed by atoms with Gasteiger partial charge in [0.2, 0.25) is 0 Å². The molecular formula is C28H34N8. The molecule has 36 heavy (non-hydrogen) atoms. The van der Waals surface area contributed by atoms with Gasteiger partial charge in [0.1, 0.15) is 18.0 Å². The Kier molecular flexibility index (Phi) is 6.56. The van der Waals surface area contributed by atoms with Crippen LogP contribution in [-0.4, -0.2) is 71.7 Å². The number of nitrogens with zero attached hydrogens (tertiary/aromatic N) is 7. The number of nitriles is 1. The first-order valence-electron chi connectivity index (χ1n) is 13.3. The van der Waals surface area contributed by atoms with Crippen molar-refractivity contribution in [3.8, 4) is 6.07 Å². The Hall–Kier alpha value is -3.44. The van der Waals surface area contributed by atoms with Crippen LogP contribution >= 0.6 is 0 Å². The molecule has 3 aromatic rings. The number of anilines is 3. The SMILES string of the molecule is N#Cc1ccc(N2CC(CN3CCC(Nc4ncnc5cnc(N6CCCCC6)cc45)CC3)C2)cc1. The number of hydrogen-bond acceptors (Lipinski definition) is 8. The summed E-state index contributed by atoms with van der Waals surface area (Å²) < 4.78 is 0. The fraction of sp³-hybridized carbons (Fsp3) is 0.500. The molecule has 0 unspecified atom stereocenters. The summed E-state index contributed by atoms with van der Waals surface area (Å²) in [6.45, 7) is 7.78. The van der Waals surface area contributed by atoms with Crippen molar-refractivity contribution in [3.05, 3.63) is 48.4 Å². The first-order valence-corrected chi connectivity index (χ1v) is 13.3. The lowest BCUT2D eigenvalue weighted by atomic mass is 9.96. The molecule has 0 radical (unpaired) electrons. The number of piperidine rings is 2. The second-order valence-corrected chi connectivity index (χ2v) is 10.5. The van der Waals surface area contributed by atoms with Gasteiger partial charge in [-0.15, -0.1) is 0 Å². The molecule has 1 aromatic carbocycles. The topological polar surface area (TPSA) is 84.2 Å². The van der Waals surface area contributed by atoms with Crippen LogP contribution in [0, 0.1) is 17.2 Å². The Labute approximate surface area is 213 Å². The van der Waals surface area contributed by atoms with Gasteiger partial charge in [-0.3, -0.25) is 0 Å². The monoisotopic (exact) mass is 482 g/mol. The first-order chi connectivity index (χ1) is 17.7. The lowest BCUT2D eigenvalue weighted by Crippen LogP contribution is -2.53. The van der Waals surface area contributed by atoms with Gasteiger partial charge in [-0.1, -0.05) is 0 Å². The molecule has 0 atom stereocenters. The van der Waals surface area contributed by atoms with Crippen molar-refractivity contribution >= 4 is 28.2 Å². The van der Waals surface area contributed by atoms with E-state index >= 15 is 0 Å². The van der Waals surface area contributed by atoms with Crippen molar-refractivity contribution in [1.82, 2.24) is 19.9 Å². The highest BCUT2D eigenvalue weighted by molar-refractivity contribution is 5.90. The van der Waals surface area contributed by atoms with Gasteiger partial charge >= 0.3 is 0 Å². The number of pyridine rings is 1. The van der Waals surface area contributed by atoms with Crippen LogP contribution in [0.15, 0.2) is 42.9 Å². The van der Waals surface area contributed by atoms with E-state index in [0.29, 0.717) is 6.04 Å². The minimum atomic E-state index is 0.433. The summed E-state index contributed by atoms with van der Waals surface area (Å²) in [6.07, 6.45) is 9.59. The predicted octanol–water partition coefficient (Wildman–Crippen LogP) is 3.90. The summed E-state index contributed by atoms with van der Waals surface area (Å²) in [5.74, 6) is 2.71. The molecule has 0 spiro atoms. The van der Waals surface area contributed by atoms with E-state index in [2.05, 4.69) is 59.2 Å². The fourth-order valence-electron chi connectivity index (χ4n) is 5.82. The average Bonchev–Trinajstić information content (AvgIpc) is 2.92. The van der Waals surface area contributed by atoms with Gasteiger partial charge in [-0.2, -0.15) is 5.26 Å². The molecule has 6 rings (SSSR count). The van der Waals surface area contributed by atoms with Gasteiger partial charge < -0.3 is 20.0 Å². The van der Waals surface area contributed by atoms with E-state index in [-0.39, 0.29) is 0 Å². The van der Waals surface area contributed by atoms with Crippen LogP contribution in [0.1, 0.15) is 37.7 Å². The maximum atomic E-state index is 8.99. The summed E-state index contributed by atoms with van der Waals surface area (Å²) in [5, 5.41) is 13.8. The largest absolute Gasteiger partial charge is 0.371 e. The minimum absolute atomic E-state index is 0.433. The molecule has 186 valence electrons. The third kappa shape index (κ3) is 4.93. The van der Waals surface area contributed by atoms with E-state index < -0.39 is 0 Å². The van der Waals surface area contributed by atoms with Crippen LogP contribution in [0.3, 0.4) is 0 Å². The maximum absolute atomic E-state index is 8.99. The van der Waals surface area contributed by atoms with E-state index in [9.17, 15) is 0 Å². The lowest BCUT2D eigenvalue weighted by Gasteiger charge is -2.44. The molecule has 3 fully saturated rings. The Morgan fingerprint density at radius 1 is 0.917 bits per heavy atom. The molecule has 0 amide bonds. The third-order valence-electron chi connectivity index (χ3n) is 7.95. The van der Waals surface area contributed by atoms with E-state index in [4.69, 9.17) is 5.26 Å². The molecule has 1 N–H and O–H groups in total. The van der Waals surface area contributed by atoms with Gasteiger partial charge in [-0.25, -0.2) is 15.0 Å². The van der Waals surface area contributed by atoms with Crippen molar-refractivity contribution in [3.63, 3.8) is 0 Å². The molecule has 3 aliphatic heterocycles. The Morgan fingerprint density at radius 3 is 2.44 bits per heavy atom. The third-order valence-corrected chi connectivity index (χ3v) is 7.95. The van der Waals surface area contributed by atoms with E-state index in [1.54, 1.807) is 6.33 Å². The van der Waals surface area contributed by atoms with Gasteiger partial charge in [0.25, 0.3) is 0 Å². The number of nitrogens with one attached hydrogen (secondary N) is 1. The summed E-state index contributed by atoms with van der Waals surface area (Å²) in [7, 11) is 0. The van der Waals surface area contributed by atoms with Crippen LogP contribution in [0.25, 0.3) is 10.9 Å². The van der Waals surface area contributed by atoms with Crippen LogP contribution in [0.5, 0.6) is 0 Å². The molecule has 5 heterocycles. The zero-order chi connectivity index (χ0) is 24.3. The number of aromatic nitrogens is 3. The molecule has 2 aromatic heterocycles. The standard InChI is InChI=1S/C28H34N8/c29-15-21-4-6-24(7-5-21)36-18-22(19-36)17-34-12-8-23(9-13-34)33-28-25-14-27(35-10-2-1-3-11-35)30-16-26(25)31-20-32-28/h4-7,14,16,20,22-23H,1-3,8-13,17-19H2,(H,31,32,33). The Morgan fingerprint density at radius 2 is 1.69 bits per heavy atom. The highest BCUT2D eigenvalue weighted by Gasteiger charge is 2.30. The highest BCUT2D eigenvalue weighted by atomic mass is 15.2. The van der Waals surface area contributed by atoms with Gasteiger partial charge in [-0.05, 0) is 62.4 Å². The van der Waals surface area contributed by atoms with Gasteiger partial charge in [0, 0.05) is 68.8 Å². The average molecular weight is 483 g/mol. The van der Waals surface area contributed by atoms with Crippen LogP contribution < -0.4 is 15.1 Å². The second-order valence-electron chi connectivity index (χ2n) is 10.5. The van der Waals surface area contributed by atoms with Crippen LogP contribution in [-0.2, 0) is 0 Å². The smallest absolute Gasteiger partial charge is 0.137 e. The molecule has 0 saturated carbocycles. The maximum Gasteiger partial charge on any atom is 0.137 e. The van der Waals surface area contributed by atoms with Crippen molar-refractivity contribution in [2.75, 3.05) is 60.9 Å². The first kappa shape index (κ1) is 23.0. The van der Waals surface area contributed by atoms with E-state index in [1.165, 1.54) is 31.5 Å². The lowest BCUT2D eigenvalue weighted by molar-refractivity contribution is 0.174. The highest BCUT2D eigenvalue weighted by Crippen LogP contribution is 2.28. The summed E-state index contributed by atoms with van der Waals surface area (Å²) in [4.78, 5) is 21.2. The normalized spacial score (nSPS) is 19.8. The number of fused-ring (bicyclic) bond motifs is 1. The zero-order valence-electron chi connectivity index (χ0n) is 20.8. The minimum Gasteiger partial charge on any atom is -0.371 e. The summed E-state index contributed by atoms with van der Waals surface area (Å²) in [5.41, 5.74) is 2.85. The summed E-state index contributed by atoms with van der Waals surface area (Å²) >= 11 is 0. The quantitative estimate of drug-likeness (QED) is 0.566. The van der Waals surface area contributed by atoms with Gasteiger partial charge in [0.05, 0.1) is 23.3 Å². The van der Waals surface area contributed by atoms with Crippen molar-refractivity contribution in [1.29, 1.82) is 5.26 Å². The fourth-order valence-corrected chi connectivity index (χ4v) is 5.82. The number of rotatable bonds is 6. The van der Waals surface area contributed by atoms with E-state index in [1.807, 2.05) is 18.3 Å².